The molecule has 0 saturated carbocycles. The van der Waals surface area contributed by atoms with Crippen LogP contribution in [0.4, 0.5) is 0 Å². The fourth-order valence-corrected chi connectivity index (χ4v) is 8.02. The Bertz CT molecular complexity index is 2210. The van der Waals surface area contributed by atoms with Crippen LogP contribution in [0.3, 0.4) is 0 Å². The number of hydrogen-bond donors (Lipinski definition) is 0. The predicted octanol–water partition coefficient (Wildman–Crippen LogP) is 14.9. The second kappa shape index (κ2) is 19.0. The zero-order chi connectivity index (χ0) is 39.5. The first-order chi connectivity index (χ1) is 27.0. The summed E-state index contributed by atoms with van der Waals surface area (Å²) < 4.78 is 1.69. The fourth-order valence-electron chi connectivity index (χ4n) is 7.40. The third-order valence-corrected chi connectivity index (χ3v) is 11.7. The van der Waals surface area contributed by atoms with Crippen LogP contribution in [-0.2, 0) is 47.9 Å². The molecule has 7 aromatic carbocycles. The third kappa shape index (κ3) is 11.0. The number of fused-ring (bicyclic) bond motifs is 3. The summed E-state index contributed by atoms with van der Waals surface area (Å²) in [4.78, 5) is 0. The fraction of sp³-hybridized carbons (Fsp3) is 0.236. The molecule has 0 nitrogen and oxygen atoms in total. The first kappa shape index (κ1) is 41.1. The Kier molecular flexibility index (Phi) is 14.0. The van der Waals surface area contributed by atoms with Crippen molar-refractivity contribution in [2.75, 3.05) is 0 Å². The van der Waals surface area contributed by atoms with E-state index >= 15 is 0 Å². The number of allylic oxidation sites excluding steroid dienone is 4. The summed E-state index contributed by atoms with van der Waals surface area (Å²) in [5.74, 6) is 0. The molecule has 0 atom stereocenters. The van der Waals surface area contributed by atoms with E-state index in [9.17, 15) is 0 Å². The second-order valence-electron chi connectivity index (χ2n) is 16.9. The molecule has 0 N–H and O–H groups in total. The van der Waals surface area contributed by atoms with E-state index in [-0.39, 0.29) is 10.8 Å². The third-order valence-electron chi connectivity index (χ3n) is 10.5. The van der Waals surface area contributed by atoms with Gasteiger partial charge in [-0.3, -0.25) is 6.08 Å². The first-order valence-corrected chi connectivity index (χ1v) is 21.4. The van der Waals surface area contributed by atoms with E-state index in [0.717, 1.165) is 6.42 Å². The summed E-state index contributed by atoms with van der Waals surface area (Å²) in [6, 6.07) is 55.3. The Morgan fingerprint density at radius 2 is 0.946 bits per heavy atom. The van der Waals surface area contributed by atoms with Gasteiger partial charge in [0.2, 0.25) is 0 Å². The number of hydrogen-bond acceptors (Lipinski definition) is 0. The summed E-state index contributed by atoms with van der Waals surface area (Å²) in [7, 11) is 0. The van der Waals surface area contributed by atoms with E-state index in [1.807, 2.05) is 12.2 Å². The molecule has 56 heavy (non-hydrogen) atoms. The molecular weight excluding hydrogens is 752 g/mol. The van der Waals surface area contributed by atoms with Crippen LogP contribution in [0, 0.1) is 6.08 Å². The summed E-state index contributed by atoms with van der Waals surface area (Å²) in [6.07, 6.45) is 14.9. The van der Waals surface area contributed by atoms with Gasteiger partial charge in [-0.1, -0.05) is 114 Å². The van der Waals surface area contributed by atoms with Crippen molar-refractivity contribution >= 4 is 24.8 Å². The van der Waals surface area contributed by atoms with Gasteiger partial charge in [0, 0.05) is 0 Å². The molecule has 0 bridgehead atoms. The normalized spacial score (nSPS) is 12.3. The molecule has 280 valence electrons. The monoisotopic (exact) mass is 806 g/mol. The Balaban J connectivity index is 0.000000192. The van der Waals surface area contributed by atoms with Crippen molar-refractivity contribution in [2.45, 2.75) is 84.5 Å². The zero-order valence-electron chi connectivity index (χ0n) is 34.2. The van der Waals surface area contributed by atoms with Gasteiger partial charge < -0.3 is 0 Å². The van der Waals surface area contributed by atoms with E-state index in [4.69, 9.17) is 0 Å². The standard InChI is InChI=1S/C33H33.C17H18.C5H5.Zr/c1-32(2,3)30-20-26-24(18-28(30)22-13-9-7-10-14-22)17-25-19-29(23-15-11-8-12-16-23)31(21-27(25)26)33(4,5)6;1-4-10-16(11-5-1)14-8-3-9-15-17-12-6-2-7-13-17;1-2-4-5-3-1;/h7-21H,1-6H3;1-2,4-7,10-13H,8-9,14-15H2;1-3H,4H2;/q-1;;-1;+2. The average molecular weight is 808 g/mol. The van der Waals surface area contributed by atoms with E-state index in [1.165, 1.54) is 91.7 Å². The molecule has 0 heterocycles. The Hall–Kier alpha value is -4.58. The van der Waals surface area contributed by atoms with Crippen molar-refractivity contribution in [1.82, 2.24) is 0 Å². The summed E-state index contributed by atoms with van der Waals surface area (Å²) in [5, 5.41) is 5.36. The summed E-state index contributed by atoms with van der Waals surface area (Å²) in [6.45, 7) is 13.9. The Morgan fingerprint density at radius 3 is 1.27 bits per heavy atom. The van der Waals surface area contributed by atoms with Crippen LogP contribution in [0.2, 0.25) is 0 Å². The van der Waals surface area contributed by atoms with Crippen LogP contribution in [-0.4, -0.2) is 3.21 Å². The van der Waals surface area contributed by atoms with Gasteiger partial charge in [-0.05, 0) is 44.2 Å². The molecule has 8 rings (SSSR count). The van der Waals surface area contributed by atoms with Gasteiger partial charge in [-0.15, -0.1) is 46.2 Å². The van der Waals surface area contributed by atoms with Gasteiger partial charge in [-0.25, -0.2) is 12.2 Å². The molecular formula is C55H56Zr. The van der Waals surface area contributed by atoms with Gasteiger partial charge in [-0.2, -0.15) is 6.08 Å². The molecule has 1 aliphatic carbocycles. The van der Waals surface area contributed by atoms with Gasteiger partial charge in [0.05, 0.1) is 0 Å². The molecule has 0 spiro atoms. The van der Waals surface area contributed by atoms with E-state index in [0.29, 0.717) is 0 Å². The summed E-state index contributed by atoms with van der Waals surface area (Å²) in [5.41, 5.74) is 11.1. The van der Waals surface area contributed by atoms with Crippen LogP contribution in [0.25, 0.3) is 43.8 Å². The molecule has 0 saturated heterocycles. The van der Waals surface area contributed by atoms with Crippen molar-refractivity contribution in [3.63, 3.8) is 0 Å². The van der Waals surface area contributed by atoms with Crippen LogP contribution in [0.5, 0.6) is 0 Å². The maximum absolute atomic E-state index is 2.99. The Labute approximate surface area is 351 Å². The van der Waals surface area contributed by atoms with Crippen molar-refractivity contribution < 1.29 is 24.2 Å². The van der Waals surface area contributed by atoms with Gasteiger partial charge in [0.1, 0.15) is 0 Å². The predicted molar refractivity (Wildman–Crippen MR) is 241 cm³/mol. The van der Waals surface area contributed by atoms with E-state index in [1.54, 1.807) is 27.4 Å². The van der Waals surface area contributed by atoms with Crippen molar-refractivity contribution in [3.8, 4) is 22.3 Å². The molecule has 0 radical (unpaired) electrons. The number of benzene rings is 6. The van der Waals surface area contributed by atoms with Gasteiger partial charge in [0.15, 0.2) is 0 Å². The molecule has 1 heteroatoms. The first-order valence-electron chi connectivity index (χ1n) is 20.2. The van der Waals surface area contributed by atoms with Crippen LogP contribution in [0.15, 0.2) is 170 Å². The number of rotatable bonds is 8. The zero-order valence-corrected chi connectivity index (χ0v) is 36.7. The average Bonchev–Trinajstić information content (AvgIpc) is 3.91. The van der Waals surface area contributed by atoms with Crippen molar-refractivity contribution in [1.29, 1.82) is 0 Å². The maximum atomic E-state index is 2.99. The van der Waals surface area contributed by atoms with Crippen molar-refractivity contribution in [3.05, 3.63) is 198 Å². The molecule has 0 amide bonds. The van der Waals surface area contributed by atoms with E-state index in [2.05, 4.69) is 205 Å². The molecule has 0 aromatic heterocycles. The second-order valence-corrected chi connectivity index (χ2v) is 18.7. The van der Waals surface area contributed by atoms with E-state index < -0.39 is 0 Å². The Morgan fingerprint density at radius 1 is 0.554 bits per heavy atom. The van der Waals surface area contributed by atoms with Crippen LogP contribution < -0.4 is 0 Å². The molecule has 0 fully saturated rings. The van der Waals surface area contributed by atoms with Gasteiger partial charge >= 0.3 is 125 Å². The molecule has 0 aliphatic heterocycles. The minimum atomic E-state index is 0.0554. The van der Waals surface area contributed by atoms with Gasteiger partial charge in [0.25, 0.3) is 0 Å². The minimum absolute atomic E-state index is 0.0554. The molecule has 1 aliphatic rings. The van der Waals surface area contributed by atoms with Crippen LogP contribution >= 0.6 is 0 Å². The van der Waals surface area contributed by atoms with Crippen LogP contribution in [0.1, 0.15) is 83.1 Å². The number of aryl methyl sites for hydroxylation is 2. The molecule has 0 unspecified atom stereocenters. The molecule has 7 aromatic rings. The topological polar surface area (TPSA) is 0 Å². The SMILES string of the molecule is CC(C)(C)c1cc2c(cc1-c1ccccc1)[cH-]c1cc(-c3ccccc3)c(C(C)(C)C)cc12.[C-]1=CC=CC1.[Zr+2]=[C](CCc1ccccc1)CCc1ccccc1. The van der Waals surface area contributed by atoms with Crippen molar-refractivity contribution in [2.24, 2.45) is 0 Å². The quantitative estimate of drug-likeness (QED) is 0.134. The summed E-state index contributed by atoms with van der Waals surface area (Å²) >= 11 is 1.60.